The quantitative estimate of drug-likeness (QED) is 0.885. The summed E-state index contributed by atoms with van der Waals surface area (Å²) in [6.07, 6.45) is 1.12. The third-order valence-corrected chi connectivity index (χ3v) is 3.87. The molecule has 1 unspecified atom stereocenters. The van der Waals surface area contributed by atoms with Crippen LogP contribution in [-0.2, 0) is 6.42 Å². The van der Waals surface area contributed by atoms with Gasteiger partial charge in [-0.05, 0) is 43.0 Å². The lowest BCUT2D eigenvalue weighted by atomic mass is 9.77. The van der Waals surface area contributed by atoms with Crippen molar-refractivity contribution in [3.05, 3.63) is 34.3 Å². The molecule has 0 aliphatic rings. The molecule has 0 aliphatic carbocycles. The minimum Gasteiger partial charge on any atom is -0.319 e. The Morgan fingerprint density at radius 3 is 2.38 bits per heavy atom. The van der Waals surface area contributed by atoms with Crippen molar-refractivity contribution in [1.29, 1.82) is 0 Å². The molecule has 0 amide bonds. The molecular formula is C14H22BrN. The van der Waals surface area contributed by atoms with Crippen LogP contribution in [0.3, 0.4) is 0 Å². The van der Waals surface area contributed by atoms with Crippen molar-refractivity contribution in [2.75, 3.05) is 13.6 Å². The van der Waals surface area contributed by atoms with E-state index >= 15 is 0 Å². The molecule has 1 rings (SSSR count). The molecule has 1 N–H and O–H groups in total. The highest BCUT2D eigenvalue weighted by Gasteiger charge is 2.24. The molecule has 0 bridgehead atoms. The van der Waals surface area contributed by atoms with Gasteiger partial charge in [-0.3, -0.25) is 0 Å². The van der Waals surface area contributed by atoms with E-state index in [2.05, 4.69) is 66.3 Å². The van der Waals surface area contributed by atoms with Gasteiger partial charge in [0.1, 0.15) is 0 Å². The van der Waals surface area contributed by atoms with E-state index in [9.17, 15) is 0 Å². The Morgan fingerprint density at radius 2 is 1.88 bits per heavy atom. The van der Waals surface area contributed by atoms with Gasteiger partial charge in [0.25, 0.3) is 0 Å². The lowest BCUT2D eigenvalue weighted by molar-refractivity contribution is 0.234. The Kier molecular flexibility index (Phi) is 5.00. The molecule has 0 saturated carbocycles. The molecule has 0 spiro atoms. The predicted molar refractivity (Wildman–Crippen MR) is 74.7 cm³/mol. The van der Waals surface area contributed by atoms with E-state index < -0.39 is 0 Å². The van der Waals surface area contributed by atoms with Crippen LogP contribution in [0.1, 0.15) is 26.3 Å². The van der Waals surface area contributed by atoms with E-state index in [0.29, 0.717) is 11.3 Å². The third-order valence-electron chi connectivity index (χ3n) is 3.10. The summed E-state index contributed by atoms with van der Waals surface area (Å²) in [6, 6.07) is 8.50. The normalized spacial score (nSPS) is 13.8. The van der Waals surface area contributed by atoms with Crippen LogP contribution in [0.5, 0.6) is 0 Å². The van der Waals surface area contributed by atoms with Crippen molar-refractivity contribution >= 4 is 15.9 Å². The van der Waals surface area contributed by atoms with Crippen molar-refractivity contribution in [3.63, 3.8) is 0 Å². The first kappa shape index (κ1) is 13.7. The molecule has 0 heterocycles. The van der Waals surface area contributed by atoms with Crippen LogP contribution in [0.4, 0.5) is 0 Å². The second-order valence-electron chi connectivity index (χ2n) is 5.42. The maximum Gasteiger partial charge on any atom is 0.0207 e. The summed E-state index contributed by atoms with van der Waals surface area (Å²) in [6.45, 7) is 7.99. The second kappa shape index (κ2) is 5.83. The molecule has 1 nitrogen and oxygen atoms in total. The van der Waals surface area contributed by atoms with E-state index in [0.717, 1.165) is 13.0 Å². The second-order valence-corrected chi connectivity index (χ2v) is 6.27. The Bertz CT molecular complexity index is 328. The maximum atomic E-state index is 3.62. The lowest BCUT2D eigenvalue weighted by Crippen LogP contribution is -2.31. The van der Waals surface area contributed by atoms with Gasteiger partial charge in [0.15, 0.2) is 0 Å². The Hall–Kier alpha value is -0.340. The summed E-state index contributed by atoms with van der Waals surface area (Å²) < 4.78 is 1.22. The lowest BCUT2D eigenvalue weighted by Gasteiger charge is -2.31. The summed E-state index contributed by atoms with van der Waals surface area (Å²) in [5.74, 6) is 0.649. The van der Waals surface area contributed by atoms with Gasteiger partial charge < -0.3 is 5.32 Å². The Labute approximate surface area is 108 Å². The average molecular weight is 284 g/mol. The van der Waals surface area contributed by atoms with Crippen LogP contribution >= 0.6 is 15.9 Å². The molecule has 90 valence electrons. The number of hydrogen-bond acceptors (Lipinski definition) is 1. The molecule has 1 aromatic carbocycles. The summed E-state index contributed by atoms with van der Waals surface area (Å²) in [5, 5.41) is 3.30. The van der Waals surface area contributed by atoms with E-state index in [4.69, 9.17) is 0 Å². The number of benzene rings is 1. The van der Waals surface area contributed by atoms with Gasteiger partial charge in [-0.15, -0.1) is 0 Å². The maximum absolute atomic E-state index is 3.62. The monoisotopic (exact) mass is 283 g/mol. The highest BCUT2D eigenvalue weighted by molar-refractivity contribution is 9.10. The van der Waals surface area contributed by atoms with Gasteiger partial charge in [0, 0.05) is 4.47 Å². The summed E-state index contributed by atoms with van der Waals surface area (Å²) in [4.78, 5) is 0. The van der Waals surface area contributed by atoms with E-state index in [1.807, 2.05) is 7.05 Å². The summed E-state index contributed by atoms with van der Waals surface area (Å²) >= 11 is 3.62. The molecule has 0 radical (unpaired) electrons. The first-order valence-corrected chi connectivity index (χ1v) is 6.62. The van der Waals surface area contributed by atoms with Crippen molar-refractivity contribution in [2.24, 2.45) is 11.3 Å². The van der Waals surface area contributed by atoms with Gasteiger partial charge >= 0.3 is 0 Å². The Morgan fingerprint density at radius 1 is 1.25 bits per heavy atom. The fourth-order valence-corrected chi connectivity index (χ4v) is 2.31. The molecule has 0 fully saturated rings. The minimum atomic E-state index is 0.332. The van der Waals surface area contributed by atoms with Crippen LogP contribution in [-0.4, -0.2) is 13.6 Å². The summed E-state index contributed by atoms with van der Waals surface area (Å²) in [7, 11) is 2.03. The van der Waals surface area contributed by atoms with Crippen LogP contribution in [0, 0.1) is 11.3 Å². The molecule has 1 atom stereocenters. The van der Waals surface area contributed by atoms with Crippen LogP contribution < -0.4 is 5.32 Å². The number of nitrogens with one attached hydrogen (secondary N) is 1. The number of rotatable bonds is 4. The van der Waals surface area contributed by atoms with Gasteiger partial charge in [-0.2, -0.15) is 0 Å². The van der Waals surface area contributed by atoms with Gasteiger partial charge in [-0.1, -0.05) is 54.9 Å². The van der Waals surface area contributed by atoms with Gasteiger partial charge in [0.2, 0.25) is 0 Å². The van der Waals surface area contributed by atoms with Crippen molar-refractivity contribution < 1.29 is 0 Å². The molecule has 0 saturated heterocycles. The Balaban J connectivity index is 2.80. The van der Waals surface area contributed by atoms with Crippen molar-refractivity contribution in [3.8, 4) is 0 Å². The highest BCUT2D eigenvalue weighted by atomic mass is 79.9. The van der Waals surface area contributed by atoms with E-state index in [-0.39, 0.29) is 0 Å². The highest BCUT2D eigenvalue weighted by Crippen LogP contribution is 2.30. The molecule has 0 aromatic heterocycles. The van der Waals surface area contributed by atoms with Crippen LogP contribution in [0.15, 0.2) is 28.7 Å². The van der Waals surface area contributed by atoms with Gasteiger partial charge in [-0.25, -0.2) is 0 Å². The van der Waals surface area contributed by atoms with Crippen LogP contribution in [0.25, 0.3) is 0 Å². The molecule has 1 aromatic rings. The van der Waals surface area contributed by atoms with Crippen molar-refractivity contribution in [2.45, 2.75) is 27.2 Å². The predicted octanol–water partition coefficient (Wildman–Crippen LogP) is 3.87. The smallest absolute Gasteiger partial charge is 0.0207 e. The zero-order chi connectivity index (χ0) is 12.2. The SMILES string of the molecule is CNCC(Cc1ccccc1Br)C(C)(C)C. The van der Waals surface area contributed by atoms with Crippen LogP contribution in [0.2, 0.25) is 0 Å². The zero-order valence-corrected chi connectivity index (χ0v) is 12.3. The summed E-state index contributed by atoms with van der Waals surface area (Å²) in [5.41, 5.74) is 1.73. The largest absolute Gasteiger partial charge is 0.319 e. The number of halogens is 1. The van der Waals surface area contributed by atoms with Crippen molar-refractivity contribution in [1.82, 2.24) is 5.32 Å². The zero-order valence-electron chi connectivity index (χ0n) is 10.7. The van der Waals surface area contributed by atoms with E-state index in [1.54, 1.807) is 0 Å². The average Bonchev–Trinajstić information content (AvgIpc) is 2.19. The topological polar surface area (TPSA) is 12.0 Å². The molecule has 16 heavy (non-hydrogen) atoms. The first-order chi connectivity index (χ1) is 7.45. The molecular weight excluding hydrogens is 262 g/mol. The molecule has 2 heteroatoms. The minimum absolute atomic E-state index is 0.332. The third kappa shape index (κ3) is 3.91. The van der Waals surface area contributed by atoms with Gasteiger partial charge in [0.05, 0.1) is 0 Å². The standard InChI is InChI=1S/C14H22BrN/c1-14(2,3)12(10-16-4)9-11-7-5-6-8-13(11)15/h5-8,12,16H,9-10H2,1-4H3. The first-order valence-electron chi connectivity index (χ1n) is 5.83. The number of hydrogen-bond donors (Lipinski definition) is 1. The fraction of sp³-hybridized carbons (Fsp3) is 0.571. The molecule has 0 aliphatic heterocycles. The van der Waals surface area contributed by atoms with E-state index in [1.165, 1.54) is 10.0 Å². The fourth-order valence-electron chi connectivity index (χ4n) is 1.86.